The fourth-order valence-electron chi connectivity index (χ4n) is 3.87. The lowest BCUT2D eigenvalue weighted by Gasteiger charge is -2.40. The van der Waals surface area contributed by atoms with Crippen LogP contribution >= 0.6 is 0 Å². The van der Waals surface area contributed by atoms with Crippen molar-refractivity contribution in [2.75, 3.05) is 16.3 Å². The summed E-state index contributed by atoms with van der Waals surface area (Å²) in [5, 5.41) is 12.4. The van der Waals surface area contributed by atoms with Crippen LogP contribution in [-0.2, 0) is 4.79 Å². The van der Waals surface area contributed by atoms with E-state index in [1.807, 2.05) is 37.3 Å². The van der Waals surface area contributed by atoms with Gasteiger partial charge in [-0.3, -0.25) is 9.59 Å². The number of fused-ring (bicyclic) bond motifs is 2. The summed E-state index contributed by atoms with van der Waals surface area (Å²) in [5.74, 6) is -0.0832. The molecule has 4 aromatic rings. The standard InChI is InChI=1S/C21H18N6O3/c1-13-11-25(21(29)19-4-3-9-30-19)18-10-15(5-7-17(18)27(13)14(2)28)16-6-8-20-23-22-12-26(20)24-16/h3-10,12-13H,11H2,1-2H3/t13-/m0/s1. The molecule has 0 saturated carbocycles. The third-order valence-corrected chi connectivity index (χ3v) is 5.19. The molecule has 0 bridgehead atoms. The van der Waals surface area contributed by atoms with Crippen molar-refractivity contribution in [3.05, 3.63) is 60.8 Å². The van der Waals surface area contributed by atoms with Gasteiger partial charge in [0.25, 0.3) is 5.91 Å². The van der Waals surface area contributed by atoms with Crippen molar-refractivity contribution >= 4 is 28.8 Å². The second-order valence-electron chi connectivity index (χ2n) is 7.19. The summed E-state index contributed by atoms with van der Waals surface area (Å²) in [4.78, 5) is 28.8. The van der Waals surface area contributed by atoms with Gasteiger partial charge in [0.2, 0.25) is 5.91 Å². The molecule has 4 heterocycles. The first-order chi connectivity index (χ1) is 14.5. The quantitative estimate of drug-likeness (QED) is 0.511. The maximum atomic E-state index is 13.1. The molecule has 30 heavy (non-hydrogen) atoms. The largest absolute Gasteiger partial charge is 0.459 e. The Morgan fingerprint density at radius 3 is 2.77 bits per heavy atom. The lowest BCUT2D eigenvalue weighted by atomic mass is 10.0. The molecule has 5 rings (SSSR count). The summed E-state index contributed by atoms with van der Waals surface area (Å²) in [5.41, 5.74) is 3.45. The first kappa shape index (κ1) is 18.0. The Hall–Kier alpha value is -4.01. The zero-order valence-corrected chi connectivity index (χ0v) is 16.4. The Morgan fingerprint density at radius 1 is 1.13 bits per heavy atom. The van der Waals surface area contributed by atoms with Crippen molar-refractivity contribution in [2.24, 2.45) is 0 Å². The number of rotatable bonds is 2. The van der Waals surface area contributed by atoms with Gasteiger partial charge in [-0.05, 0) is 43.3 Å². The zero-order chi connectivity index (χ0) is 20.8. The topological polar surface area (TPSA) is 96.8 Å². The van der Waals surface area contributed by atoms with E-state index in [2.05, 4.69) is 15.3 Å². The molecule has 150 valence electrons. The number of nitrogens with zero attached hydrogens (tertiary/aromatic N) is 6. The maximum absolute atomic E-state index is 13.1. The highest BCUT2D eigenvalue weighted by Gasteiger charge is 2.35. The Kier molecular flexibility index (Phi) is 4.09. The van der Waals surface area contributed by atoms with Crippen LogP contribution in [0.1, 0.15) is 24.4 Å². The minimum atomic E-state index is -0.254. The van der Waals surface area contributed by atoms with Gasteiger partial charge in [0, 0.05) is 19.0 Å². The van der Waals surface area contributed by atoms with E-state index in [1.165, 1.54) is 19.5 Å². The SMILES string of the molecule is CC(=O)N1c2ccc(-c3ccc4nncn4n3)cc2N(C(=O)c2ccco2)C[C@@H]1C. The first-order valence-corrected chi connectivity index (χ1v) is 9.49. The van der Waals surface area contributed by atoms with E-state index >= 15 is 0 Å². The van der Waals surface area contributed by atoms with Gasteiger partial charge in [0.05, 0.1) is 29.4 Å². The van der Waals surface area contributed by atoms with Crippen LogP contribution in [-0.4, -0.2) is 44.2 Å². The Balaban J connectivity index is 1.65. The van der Waals surface area contributed by atoms with Crippen LogP contribution in [0.4, 0.5) is 11.4 Å². The van der Waals surface area contributed by atoms with Crippen molar-refractivity contribution in [3.63, 3.8) is 0 Å². The van der Waals surface area contributed by atoms with Gasteiger partial charge in [-0.15, -0.1) is 10.2 Å². The molecule has 1 aliphatic rings. The number of anilines is 2. The van der Waals surface area contributed by atoms with E-state index in [1.54, 1.807) is 26.4 Å². The smallest absolute Gasteiger partial charge is 0.294 e. The number of hydrogen-bond donors (Lipinski definition) is 0. The van der Waals surface area contributed by atoms with Crippen LogP contribution in [0.3, 0.4) is 0 Å². The Bertz CT molecular complexity index is 1260. The number of amides is 2. The average Bonchev–Trinajstić information content (AvgIpc) is 3.43. The normalized spacial score (nSPS) is 16.0. The van der Waals surface area contributed by atoms with E-state index in [9.17, 15) is 9.59 Å². The summed E-state index contributed by atoms with van der Waals surface area (Å²) in [6.45, 7) is 3.80. The number of furan rings is 1. The highest BCUT2D eigenvalue weighted by atomic mass is 16.3. The molecule has 9 nitrogen and oxygen atoms in total. The molecule has 0 spiro atoms. The third kappa shape index (κ3) is 2.83. The summed E-state index contributed by atoms with van der Waals surface area (Å²) >= 11 is 0. The monoisotopic (exact) mass is 402 g/mol. The predicted octanol–water partition coefficient (Wildman–Crippen LogP) is 2.79. The highest BCUT2D eigenvalue weighted by Crippen LogP contribution is 2.39. The van der Waals surface area contributed by atoms with Gasteiger partial charge >= 0.3 is 0 Å². The number of carbonyl (C=O) groups excluding carboxylic acids is 2. The summed E-state index contributed by atoms with van der Waals surface area (Å²) in [6, 6.07) is 12.4. The van der Waals surface area contributed by atoms with E-state index < -0.39 is 0 Å². The molecule has 1 aromatic carbocycles. The van der Waals surface area contributed by atoms with Crippen molar-refractivity contribution in [1.82, 2.24) is 19.8 Å². The van der Waals surface area contributed by atoms with Crippen molar-refractivity contribution in [1.29, 1.82) is 0 Å². The zero-order valence-electron chi connectivity index (χ0n) is 16.4. The van der Waals surface area contributed by atoms with Gasteiger partial charge in [-0.25, -0.2) is 0 Å². The fraction of sp³-hybridized carbons (Fsp3) is 0.190. The molecule has 0 aliphatic carbocycles. The van der Waals surface area contributed by atoms with Crippen LogP contribution in [0.25, 0.3) is 16.9 Å². The van der Waals surface area contributed by atoms with E-state index in [-0.39, 0.29) is 23.6 Å². The van der Waals surface area contributed by atoms with Crippen LogP contribution < -0.4 is 9.80 Å². The van der Waals surface area contributed by atoms with Crippen LogP contribution in [0.5, 0.6) is 0 Å². The molecule has 1 aliphatic heterocycles. The van der Waals surface area contributed by atoms with Crippen molar-refractivity contribution in [2.45, 2.75) is 19.9 Å². The van der Waals surface area contributed by atoms with Gasteiger partial charge < -0.3 is 14.2 Å². The molecule has 0 fully saturated rings. The Morgan fingerprint density at radius 2 is 2.00 bits per heavy atom. The molecule has 0 N–H and O–H groups in total. The molecule has 9 heteroatoms. The van der Waals surface area contributed by atoms with Crippen LogP contribution in [0.2, 0.25) is 0 Å². The molecule has 0 saturated heterocycles. The van der Waals surface area contributed by atoms with Crippen molar-refractivity contribution in [3.8, 4) is 11.3 Å². The lowest BCUT2D eigenvalue weighted by molar-refractivity contribution is -0.117. The molecule has 0 radical (unpaired) electrons. The number of aromatic nitrogens is 4. The van der Waals surface area contributed by atoms with E-state index in [4.69, 9.17) is 4.42 Å². The van der Waals surface area contributed by atoms with E-state index in [0.29, 0.717) is 29.3 Å². The van der Waals surface area contributed by atoms with Gasteiger partial charge in [-0.2, -0.15) is 9.61 Å². The number of benzene rings is 1. The molecule has 0 unspecified atom stereocenters. The molecule has 3 aromatic heterocycles. The second-order valence-corrected chi connectivity index (χ2v) is 7.19. The maximum Gasteiger partial charge on any atom is 0.294 e. The summed E-state index contributed by atoms with van der Waals surface area (Å²) in [7, 11) is 0. The molecule has 2 amide bonds. The Labute approximate surface area is 171 Å². The van der Waals surface area contributed by atoms with Crippen molar-refractivity contribution < 1.29 is 14.0 Å². The van der Waals surface area contributed by atoms with Crippen LogP contribution in [0.15, 0.2) is 59.5 Å². The highest BCUT2D eigenvalue weighted by molar-refractivity contribution is 6.09. The van der Waals surface area contributed by atoms with Gasteiger partial charge in [0.15, 0.2) is 11.4 Å². The third-order valence-electron chi connectivity index (χ3n) is 5.19. The van der Waals surface area contributed by atoms with Gasteiger partial charge in [-0.1, -0.05) is 6.07 Å². The average molecular weight is 402 g/mol. The second kappa shape index (κ2) is 6.80. The minimum Gasteiger partial charge on any atom is -0.459 e. The fourth-order valence-corrected chi connectivity index (χ4v) is 3.87. The number of hydrogen-bond acceptors (Lipinski definition) is 6. The summed E-state index contributed by atoms with van der Waals surface area (Å²) in [6.07, 6.45) is 3.00. The molecular formula is C21H18N6O3. The van der Waals surface area contributed by atoms with Gasteiger partial charge in [0.1, 0.15) is 6.33 Å². The predicted molar refractivity (Wildman–Crippen MR) is 109 cm³/mol. The minimum absolute atomic E-state index is 0.0781. The van der Waals surface area contributed by atoms with E-state index in [0.717, 1.165) is 5.56 Å². The lowest BCUT2D eigenvalue weighted by Crippen LogP contribution is -2.51. The molecular weight excluding hydrogens is 384 g/mol. The molecule has 1 atom stereocenters. The first-order valence-electron chi connectivity index (χ1n) is 9.49. The van der Waals surface area contributed by atoms with Crippen LogP contribution in [0, 0.1) is 0 Å². The summed E-state index contributed by atoms with van der Waals surface area (Å²) < 4.78 is 6.91. The number of carbonyl (C=O) groups is 2.